The van der Waals surface area contributed by atoms with E-state index in [2.05, 4.69) is 50.4 Å². The summed E-state index contributed by atoms with van der Waals surface area (Å²) in [5, 5.41) is 0. The third-order valence-electron chi connectivity index (χ3n) is 1.83. The first-order valence-electron chi connectivity index (χ1n) is 4.07. The molecule has 0 unspecified atom stereocenters. The molecule has 0 aromatic heterocycles. The summed E-state index contributed by atoms with van der Waals surface area (Å²) in [6, 6.07) is 0. The minimum Gasteiger partial charge on any atom is -0.469 e. The predicted octanol–water partition coefficient (Wildman–Crippen LogP) is 3.45. The Morgan fingerprint density at radius 1 is 1.46 bits per heavy atom. The molecule has 76 valence electrons. The first-order chi connectivity index (χ1) is 5.97. The maximum absolute atomic E-state index is 11.0. The summed E-state index contributed by atoms with van der Waals surface area (Å²) in [6.45, 7) is 4.15. The lowest BCUT2D eigenvalue weighted by Gasteiger charge is -2.15. The van der Waals surface area contributed by atoms with E-state index in [0.717, 1.165) is 3.39 Å². The number of ether oxygens (including phenoxy) is 1. The van der Waals surface area contributed by atoms with Crippen molar-refractivity contribution in [3.05, 3.63) is 9.47 Å². The number of rotatable bonds is 4. The molecule has 0 saturated heterocycles. The lowest BCUT2D eigenvalue weighted by Crippen LogP contribution is -2.13. The highest BCUT2D eigenvalue weighted by Crippen LogP contribution is 2.24. The molecule has 0 spiro atoms. The predicted molar refractivity (Wildman–Crippen MR) is 60.9 cm³/mol. The Hall–Kier alpha value is 0.170. The van der Waals surface area contributed by atoms with Gasteiger partial charge in [0.25, 0.3) is 0 Å². The Bertz CT molecular complexity index is 196. The molecule has 0 aliphatic carbocycles. The highest BCUT2D eigenvalue weighted by Gasteiger charge is 2.15. The number of carbonyl (C=O) groups is 1. The molecular formula is C9H14Br2O2. The third-order valence-corrected chi connectivity index (χ3v) is 2.36. The highest BCUT2D eigenvalue weighted by atomic mass is 79.9. The van der Waals surface area contributed by atoms with Gasteiger partial charge in [-0.15, -0.1) is 0 Å². The fourth-order valence-electron chi connectivity index (χ4n) is 0.925. The third kappa shape index (κ3) is 6.27. The lowest BCUT2D eigenvalue weighted by molar-refractivity contribution is -0.141. The van der Waals surface area contributed by atoms with Gasteiger partial charge in [-0.05, 0) is 43.7 Å². The minimum atomic E-state index is -0.170. The van der Waals surface area contributed by atoms with Crippen LogP contribution in [0.2, 0.25) is 0 Å². The summed E-state index contributed by atoms with van der Waals surface area (Å²) in [7, 11) is 1.41. The number of methoxy groups -OCH3 is 1. The second-order valence-corrected chi connectivity index (χ2v) is 5.92. The van der Waals surface area contributed by atoms with E-state index in [4.69, 9.17) is 0 Å². The molecule has 0 radical (unpaired) electrons. The van der Waals surface area contributed by atoms with Crippen molar-refractivity contribution in [3.63, 3.8) is 0 Å². The second kappa shape index (κ2) is 6.60. The van der Waals surface area contributed by atoms with E-state index in [1.54, 1.807) is 0 Å². The van der Waals surface area contributed by atoms with Gasteiger partial charge in [0.05, 0.1) is 16.9 Å². The van der Waals surface area contributed by atoms with Crippen LogP contribution in [-0.4, -0.2) is 13.1 Å². The Morgan fingerprint density at radius 2 is 2.00 bits per heavy atom. The summed E-state index contributed by atoms with van der Waals surface area (Å²) < 4.78 is 5.49. The largest absolute Gasteiger partial charge is 0.469 e. The molecule has 0 heterocycles. The number of allylic oxidation sites excluding steroid dienone is 1. The summed E-state index contributed by atoms with van der Waals surface area (Å²) in [6.07, 6.45) is 2.40. The number of halogens is 2. The van der Waals surface area contributed by atoms with E-state index >= 15 is 0 Å². The Labute approximate surface area is 96.0 Å². The Morgan fingerprint density at radius 3 is 2.31 bits per heavy atom. The summed E-state index contributed by atoms with van der Waals surface area (Å²) >= 11 is 6.56. The molecular weight excluding hydrogens is 300 g/mol. The van der Waals surface area contributed by atoms with Gasteiger partial charge >= 0.3 is 5.97 Å². The number of hydrogen-bond acceptors (Lipinski definition) is 2. The van der Waals surface area contributed by atoms with Crippen LogP contribution in [0, 0.1) is 11.8 Å². The molecule has 1 atom stereocenters. The van der Waals surface area contributed by atoms with Gasteiger partial charge in [0.15, 0.2) is 0 Å². The van der Waals surface area contributed by atoms with Gasteiger partial charge in [0.2, 0.25) is 0 Å². The van der Waals surface area contributed by atoms with Crippen LogP contribution < -0.4 is 0 Å². The summed E-state index contributed by atoms with van der Waals surface area (Å²) in [5.41, 5.74) is 0. The molecule has 0 bridgehead atoms. The Kier molecular flexibility index (Phi) is 6.68. The molecule has 0 aromatic carbocycles. The quantitative estimate of drug-likeness (QED) is 0.743. The zero-order valence-corrected chi connectivity index (χ0v) is 11.2. The second-order valence-electron chi connectivity index (χ2n) is 3.14. The van der Waals surface area contributed by atoms with Crippen LogP contribution in [0.1, 0.15) is 20.3 Å². The van der Waals surface area contributed by atoms with Crippen LogP contribution >= 0.6 is 31.9 Å². The van der Waals surface area contributed by atoms with Crippen molar-refractivity contribution in [1.82, 2.24) is 0 Å². The zero-order chi connectivity index (χ0) is 10.4. The normalized spacial score (nSPS) is 12.5. The van der Waals surface area contributed by atoms with Crippen LogP contribution in [0.5, 0.6) is 0 Å². The SMILES string of the molecule is COC(=O)C[C@H](C=C(Br)Br)C(C)C. The minimum absolute atomic E-state index is 0.170. The van der Waals surface area contributed by atoms with E-state index in [9.17, 15) is 4.79 Å². The van der Waals surface area contributed by atoms with Crippen LogP contribution in [0.4, 0.5) is 0 Å². The summed E-state index contributed by atoms with van der Waals surface area (Å²) in [5.74, 6) is 0.460. The molecule has 0 N–H and O–H groups in total. The first kappa shape index (κ1) is 13.2. The molecule has 0 aliphatic rings. The van der Waals surface area contributed by atoms with Crippen LogP contribution in [0.25, 0.3) is 0 Å². The standard InChI is InChI=1S/C9H14Br2O2/c1-6(2)7(4-8(10)11)5-9(12)13-3/h4,6-7H,5H2,1-3H3/t7-/m0/s1. The van der Waals surface area contributed by atoms with E-state index in [0.29, 0.717) is 12.3 Å². The highest BCUT2D eigenvalue weighted by molar-refractivity contribution is 9.28. The van der Waals surface area contributed by atoms with Crippen molar-refractivity contribution >= 4 is 37.8 Å². The van der Waals surface area contributed by atoms with Crippen molar-refractivity contribution in [1.29, 1.82) is 0 Å². The first-order valence-corrected chi connectivity index (χ1v) is 5.65. The van der Waals surface area contributed by atoms with Gasteiger partial charge in [-0.25, -0.2) is 0 Å². The van der Waals surface area contributed by atoms with Gasteiger partial charge in [-0.2, -0.15) is 0 Å². The molecule has 0 aromatic rings. The van der Waals surface area contributed by atoms with Crippen LogP contribution in [0.15, 0.2) is 9.47 Å². The average molecular weight is 314 g/mol. The van der Waals surface area contributed by atoms with E-state index in [-0.39, 0.29) is 11.9 Å². The lowest BCUT2D eigenvalue weighted by atomic mass is 9.93. The maximum Gasteiger partial charge on any atom is 0.306 e. The Balaban J connectivity index is 4.27. The molecule has 0 fully saturated rings. The molecule has 0 rings (SSSR count). The smallest absolute Gasteiger partial charge is 0.306 e. The van der Waals surface area contributed by atoms with Gasteiger partial charge in [0, 0.05) is 0 Å². The van der Waals surface area contributed by atoms with Crippen molar-refractivity contribution in [2.75, 3.05) is 7.11 Å². The van der Waals surface area contributed by atoms with E-state index in [1.165, 1.54) is 7.11 Å². The molecule has 0 amide bonds. The average Bonchev–Trinajstić information content (AvgIpc) is 2.02. The topological polar surface area (TPSA) is 26.3 Å². The van der Waals surface area contributed by atoms with Crippen LogP contribution in [-0.2, 0) is 9.53 Å². The van der Waals surface area contributed by atoms with Crippen molar-refractivity contribution in [2.24, 2.45) is 11.8 Å². The monoisotopic (exact) mass is 312 g/mol. The number of hydrogen-bond donors (Lipinski definition) is 0. The maximum atomic E-state index is 11.0. The fourth-order valence-corrected chi connectivity index (χ4v) is 1.60. The zero-order valence-electron chi connectivity index (χ0n) is 8.01. The van der Waals surface area contributed by atoms with Gasteiger partial charge < -0.3 is 4.74 Å². The number of esters is 1. The number of carbonyl (C=O) groups excluding carboxylic acids is 1. The fraction of sp³-hybridized carbons (Fsp3) is 0.667. The molecule has 13 heavy (non-hydrogen) atoms. The van der Waals surface area contributed by atoms with Crippen molar-refractivity contribution < 1.29 is 9.53 Å². The summed E-state index contributed by atoms with van der Waals surface area (Å²) in [4.78, 5) is 11.0. The van der Waals surface area contributed by atoms with E-state index < -0.39 is 0 Å². The van der Waals surface area contributed by atoms with Gasteiger partial charge in [-0.1, -0.05) is 19.9 Å². The molecule has 0 aliphatic heterocycles. The molecule has 4 heteroatoms. The van der Waals surface area contributed by atoms with Gasteiger partial charge in [0.1, 0.15) is 0 Å². The van der Waals surface area contributed by atoms with Gasteiger partial charge in [-0.3, -0.25) is 4.79 Å². The van der Waals surface area contributed by atoms with Crippen molar-refractivity contribution in [2.45, 2.75) is 20.3 Å². The van der Waals surface area contributed by atoms with E-state index in [1.807, 2.05) is 6.08 Å². The van der Waals surface area contributed by atoms with Crippen molar-refractivity contribution in [3.8, 4) is 0 Å². The molecule has 2 nitrogen and oxygen atoms in total. The van der Waals surface area contributed by atoms with Crippen LogP contribution in [0.3, 0.4) is 0 Å². The molecule has 0 saturated carbocycles.